The summed E-state index contributed by atoms with van der Waals surface area (Å²) in [5, 5.41) is 0. The number of benzene rings is 1. The van der Waals surface area contributed by atoms with Crippen molar-refractivity contribution in [1.82, 2.24) is 9.47 Å². The molecular formula is C23H30N2O2. The van der Waals surface area contributed by atoms with Crippen molar-refractivity contribution in [3.63, 3.8) is 0 Å². The average Bonchev–Trinajstić information content (AvgIpc) is 2.99. The van der Waals surface area contributed by atoms with Gasteiger partial charge in [0.15, 0.2) is 0 Å². The van der Waals surface area contributed by atoms with E-state index in [-0.39, 0.29) is 17.6 Å². The summed E-state index contributed by atoms with van der Waals surface area (Å²) < 4.78 is 2.17. The first-order valence-electron chi connectivity index (χ1n) is 10.0. The Kier molecular flexibility index (Phi) is 6.15. The molecular weight excluding hydrogens is 336 g/mol. The number of hydrogen-bond donors (Lipinski definition) is 0. The van der Waals surface area contributed by atoms with Crippen LogP contribution in [0.2, 0.25) is 0 Å². The van der Waals surface area contributed by atoms with Gasteiger partial charge in [0.1, 0.15) is 5.78 Å². The van der Waals surface area contributed by atoms with E-state index in [9.17, 15) is 9.59 Å². The summed E-state index contributed by atoms with van der Waals surface area (Å²) >= 11 is 0. The Bertz CT molecular complexity index is 807. The standard InChI is InChI=1S/C23H30N2O2/c1-4-25-17(2)15-21(18(25)3)23(27)24-14-8-11-20(16-24)22(26)13-12-19-9-6-5-7-10-19/h5-7,9-10,15,20H,4,8,11-14,16H2,1-3H3/t20-/m0/s1. The van der Waals surface area contributed by atoms with E-state index in [1.165, 1.54) is 5.56 Å². The molecule has 0 spiro atoms. The third-order valence-corrected chi connectivity index (χ3v) is 5.79. The third-order valence-electron chi connectivity index (χ3n) is 5.79. The minimum atomic E-state index is -0.0268. The smallest absolute Gasteiger partial charge is 0.255 e. The molecule has 1 saturated heterocycles. The Labute approximate surface area is 162 Å². The zero-order valence-electron chi connectivity index (χ0n) is 16.7. The van der Waals surface area contributed by atoms with E-state index in [0.717, 1.165) is 49.3 Å². The van der Waals surface area contributed by atoms with Crippen molar-refractivity contribution in [3.8, 4) is 0 Å². The zero-order valence-corrected chi connectivity index (χ0v) is 16.7. The largest absolute Gasteiger partial charge is 0.349 e. The maximum atomic E-state index is 13.1. The number of hydrogen-bond acceptors (Lipinski definition) is 2. The van der Waals surface area contributed by atoms with E-state index < -0.39 is 0 Å². The van der Waals surface area contributed by atoms with Crippen LogP contribution in [0.1, 0.15) is 53.5 Å². The van der Waals surface area contributed by atoms with Gasteiger partial charge in [0, 0.05) is 43.4 Å². The fourth-order valence-corrected chi connectivity index (χ4v) is 4.22. The highest BCUT2D eigenvalue weighted by Crippen LogP contribution is 2.23. The quantitative estimate of drug-likeness (QED) is 0.770. The van der Waals surface area contributed by atoms with Crippen molar-refractivity contribution in [3.05, 3.63) is 58.9 Å². The Morgan fingerprint density at radius 1 is 1.15 bits per heavy atom. The molecule has 1 amide bonds. The molecule has 1 aromatic carbocycles. The van der Waals surface area contributed by atoms with Gasteiger partial charge in [-0.25, -0.2) is 0 Å². The number of Topliss-reactive ketones (excluding diaryl/α,β-unsaturated/α-hetero) is 1. The number of piperidine rings is 1. The molecule has 1 aliphatic rings. The predicted molar refractivity (Wildman–Crippen MR) is 108 cm³/mol. The molecule has 4 nitrogen and oxygen atoms in total. The van der Waals surface area contributed by atoms with Gasteiger partial charge in [-0.1, -0.05) is 30.3 Å². The minimum absolute atomic E-state index is 0.0268. The lowest BCUT2D eigenvalue weighted by Gasteiger charge is -2.32. The molecule has 1 aromatic heterocycles. The second-order valence-corrected chi connectivity index (χ2v) is 7.57. The van der Waals surface area contributed by atoms with Crippen molar-refractivity contribution in [2.24, 2.45) is 5.92 Å². The topological polar surface area (TPSA) is 42.3 Å². The molecule has 0 bridgehead atoms. The number of aryl methyl sites for hydroxylation is 2. The van der Waals surface area contributed by atoms with Crippen LogP contribution >= 0.6 is 0 Å². The number of carbonyl (C=O) groups excluding carboxylic acids is 2. The lowest BCUT2D eigenvalue weighted by atomic mass is 9.90. The number of likely N-dealkylation sites (tertiary alicyclic amines) is 1. The summed E-state index contributed by atoms with van der Waals surface area (Å²) in [6, 6.07) is 12.1. The number of rotatable bonds is 6. The first kappa shape index (κ1) is 19.4. The van der Waals surface area contributed by atoms with Crippen molar-refractivity contribution in [2.45, 2.75) is 53.0 Å². The van der Waals surface area contributed by atoms with Crippen molar-refractivity contribution in [1.29, 1.82) is 0 Å². The van der Waals surface area contributed by atoms with Crippen LogP contribution in [0.5, 0.6) is 0 Å². The molecule has 1 atom stereocenters. The number of aromatic nitrogens is 1. The summed E-state index contributed by atoms with van der Waals surface area (Å²) in [5.74, 6) is 0.333. The number of amides is 1. The fourth-order valence-electron chi connectivity index (χ4n) is 4.22. The van der Waals surface area contributed by atoms with E-state index in [4.69, 9.17) is 0 Å². The molecule has 0 aliphatic carbocycles. The highest BCUT2D eigenvalue weighted by Gasteiger charge is 2.29. The van der Waals surface area contributed by atoms with E-state index in [1.807, 2.05) is 43.0 Å². The SMILES string of the molecule is CCn1c(C)cc(C(=O)N2CCC[C@H](C(=O)CCc3ccccc3)C2)c1C. The number of carbonyl (C=O) groups is 2. The molecule has 2 heterocycles. The van der Waals surface area contributed by atoms with Gasteiger partial charge >= 0.3 is 0 Å². The van der Waals surface area contributed by atoms with E-state index >= 15 is 0 Å². The molecule has 27 heavy (non-hydrogen) atoms. The highest BCUT2D eigenvalue weighted by molar-refractivity contribution is 5.96. The van der Waals surface area contributed by atoms with Crippen LogP contribution in [0.3, 0.4) is 0 Å². The Morgan fingerprint density at radius 3 is 2.56 bits per heavy atom. The fraction of sp³-hybridized carbons (Fsp3) is 0.478. The maximum Gasteiger partial charge on any atom is 0.255 e. The van der Waals surface area contributed by atoms with Gasteiger partial charge in [0.2, 0.25) is 0 Å². The van der Waals surface area contributed by atoms with Crippen LogP contribution in [0.4, 0.5) is 0 Å². The highest BCUT2D eigenvalue weighted by atomic mass is 16.2. The molecule has 144 valence electrons. The molecule has 3 rings (SSSR count). The van der Waals surface area contributed by atoms with Gasteiger partial charge in [0.25, 0.3) is 5.91 Å². The predicted octanol–water partition coefficient (Wildman–Crippen LogP) is 4.18. The van der Waals surface area contributed by atoms with Crippen LogP contribution in [0.25, 0.3) is 0 Å². The van der Waals surface area contributed by atoms with E-state index in [2.05, 4.69) is 23.6 Å². The molecule has 1 aliphatic heterocycles. The van der Waals surface area contributed by atoms with Crippen LogP contribution in [-0.4, -0.2) is 34.2 Å². The summed E-state index contributed by atoms with van der Waals surface area (Å²) in [5.41, 5.74) is 4.12. The van der Waals surface area contributed by atoms with E-state index in [1.54, 1.807) is 0 Å². The third kappa shape index (κ3) is 4.32. The Balaban J connectivity index is 1.63. The van der Waals surface area contributed by atoms with Crippen LogP contribution in [0.15, 0.2) is 36.4 Å². The zero-order chi connectivity index (χ0) is 19.4. The lowest BCUT2D eigenvalue weighted by molar-refractivity contribution is -0.124. The number of ketones is 1. The van der Waals surface area contributed by atoms with Gasteiger partial charge in [-0.3, -0.25) is 9.59 Å². The van der Waals surface area contributed by atoms with Gasteiger partial charge in [-0.2, -0.15) is 0 Å². The average molecular weight is 367 g/mol. The van der Waals surface area contributed by atoms with Crippen LogP contribution in [-0.2, 0) is 17.8 Å². The van der Waals surface area contributed by atoms with Crippen LogP contribution in [0, 0.1) is 19.8 Å². The molecule has 0 saturated carbocycles. The normalized spacial score (nSPS) is 17.1. The summed E-state index contributed by atoms with van der Waals surface area (Å²) in [7, 11) is 0. The first-order valence-corrected chi connectivity index (χ1v) is 10.0. The summed E-state index contributed by atoms with van der Waals surface area (Å²) in [6.45, 7) is 8.32. The molecule has 2 aromatic rings. The minimum Gasteiger partial charge on any atom is -0.349 e. The molecule has 1 fully saturated rings. The molecule has 0 unspecified atom stereocenters. The maximum absolute atomic E-state index is 13.1. The second-order valence-electron chi connectivity index (χ2n) is 7.57. The lowest BCUT2D eigenvalue weighted by Crippen LogP contribution is -2.42. The molecule has 0 N–H and O–H groups in total. The summed E-state index contributed by atoms with van der Waals surface area (Å²) in [4.78, 5) is 27.6. The number of nitrogens with zero attached hydrogens (tertiary/aromatic N) is 2. The second kappa shape index (κ2) is 8.55. The van der Waals surface area contributed by atoms with Crippen molar-refractivity contribution < 1.29 is 9.59 Å². The van der Waals surface area contributed by atoms with Gasteiger partial charge < -0.3 is 9.47 Å². The van der Waals surface area contributed by atoms with E-state index in [0.29, 0.717) is 13.0 Å². The Morgan fingerprint density at radius 2 is 1.89 bits per heavy atom. The Hall–Kier alpha value is -2.36. The summed E-state index contributed by atoms with van der Waals surface area (Å²) in [6.07, 6.45) is 3.13. The molecule has 4 heteroatoms. The van der Waals surface area contributed by atoms with Crippen molar-refractivity contribution >= 4 is 11.7 Å². The molecule has 0 radical (unpaired) electrons. The van der Waals surface area contributed by atoms with Gasteiger partial charge in [-0.15, -0.1) is 0 Å². The van der Waals surface area contributed by atoms with Crippen LogP contribution < -0.4 is 0 Å². The van der Waals surface area contributed by atoms with Crippen molar-refractivity contribution in [2.75, 3.05) is 13.1 Å². The van der Waals surface area contributed by atoms with Gasteiger partial charge in [0.05, 0.1) is 5.56 Å². The first-order chi connectivity index (χ1) is 13.0. The van der Waals surface area contributed by atoms with Gasteiger partial charge in [-0.05, 0) is 51.7 Å². The monoisotopic (exact) mass is 366 g/mol.